The maximum Gasteiger partial charge on any atom is 0.416 e. The Morgan fingerprint density at radius 2 is 1.76 bits per heavy atom. The Bertz CT molecular complexity index is 1130. The zero-order valence-electron chi connectivity index (χ0n) is 18.4. The molecule has 180 valence electrons. The first kappa shape index (κ1) is 26.3. The molecule has 0 fully saturated rings. The second kappa shape index (κ2) is 10.3. The summed E-state index contributed by atoms with van der Waals surface area (Å²) < 4.78 is 76.8. The average Bonchev–Trinajstić information content (AvgIpc) is 2.74. The van der Waals surface area contributed by atoms with Crippen molar-refractivity contribution in [2.75, 3.05) is 7.11 Å². The quantitative estimate of drug-likeness (QED) is 0.425. The molecular formula is C22H24F3NO6S. The van der Waals surface area contributed by atoms with Gasteiger partial charge >= 0.3 is 12.1 Å². The number of ether oxygens (including phenoxy) is 2. The van der Waals surface area contributed by atoms with E-state index >= 15 is 0 Å². The van der Waals surface area contributed by atoms with Gasteiger partial charge in [-0.25, -0.2) is 8.42 Å². The predicted molar refractivity (Wildman–Crippen MR) is 113 cm³/mol. The van der Waals surface area contributed by atoms with Gasteiger partial charge in [-0.1, -0.05) is 19.9 Å². The van der Waals surface area contributed by atoms with Crippen molar-refractivity contribution in [3.63, 3.8) is 0 Å². The molecule has 0 heterocycles. The summed E-state index contributed by atoms with van der Waals surface area (Å²) in [6, 6.07) is 6.41. The van der Waals surface area contributed by atoms with Crippen molar-refractivity contribution in [3.8, 4) is 5.75 Å². The third-order valence-electron chi connectivity index (χ3n) is 4.73. The molecule has 0 radical (unpaired) electrons. The predicted octanol–water partition coefficient (Wildman–Crippen LogP) is 3.96. The molecule has 0 aliphatic carbocycles. The van der Waals surface area contributed by atoms with Crippen molar-refractivity contribution in [2.24, 2.45) is 5.92 Å². The highest BCUT2D eigenvalue weighted by Gasteiger charge is 2.34. The molecular weight excluding hydrogens is 463 g/mol. The highest BCUT2D eigenvalue weighted by molar-refractivity contribution is 7.89. The molecule has 2 rings (SSSR count). The minimum absolute atomic E-state index is 0.209. The molecule has 0 spiro atoms. The molecule has 1 N–H and O–H groups in total. The number of carbonyl (C=O) groups is 2. The first-order valence-corrected chi connectivity index (χ1v) is 11.3. The van der Waals surface area contributed by atoms with Crippen molar-refractivity contribution in [1.82, 2.24) is 4.72 Å². The summed E-state index contributed by atoms with van der Waals surface area (Å²) >= 11 is 0. The van der Waals surface area contributed by atoms with Crippen LogP contribution in [0.25, 0.3) is 0 Å². The molecule has 0 saturated heterocycles. The van der Waals surface area contributed by atoms with Crippen LogP contribution < -0.4 is 9.46 Å². The van der Waals surface area contributed by atoms with Crippen LogP contribution in [0.4, 0.5) is 13.2 Å². The van der Waals surface area contributed by atoms with Crippen molar-refractivity contribution in [3.05, 3.63) is 59.2 Å². The second-order valence-electron chi connectivity index (χ2n) is 7.56. The number of carbonyl (C=O) groups excluding carboxylic acids is 2. The zero-order chi connectivity index (χ0) is 25.0. The number of halogens is 3. The van der Waals surface area contributed by atoms with Crippen LogP contribution in [0.5, 0.6) is 5.75 Å². The monoisotopic (exact) mass is 487 g/mol. The number of rotatable bonds is 9. The maximum atomic E-state index is 13.0. The van der Waals surface area contributed by atoms with Gasteiger partial charge in [-0.15, -0.1) is 0 Å². The Hall–Kier alpha value is -2.92. The molecule has 0 amide bonds. The summed E-state index contributed by atoms with van der Waals surface area (Å²) in [5.41, 5.74) is -0.374. The van der Waals surface area contributed by atoms with Crippen molar-refractivity contribution < 1.29 is 40.7 Å². The lowest BCUT2D eigenvalue weighted by molar-refractivity contribution is -0.148. The van der Waals surface area contributed by atoms with E-state index in [2.05, 4.69) is 4.72 Å². The van der Waals surface area contributed by atoms with Crippen molar-refractivity contribution in [2.45, 2.75) is 44.5 Å². The lowest BCUT2D eigenvalue weighted by atomic mass is 10.1. The Morgan fingerprint density at radius 3 is 2.30 bits per heavy atom. The van der Waals surface area contributed by atoms with Crippen LogP contribution in [0.15, 0.2) is 47.4 Å². The van der Waals surface area contributed by atoms with E-state index in [-0.39, 0.29) is 12.4 Å². The SMILES string of the molecule is COc1ccc(C(C)=O)cc1COC(=O)C(NS(=O)(=O)c1cccc(C(F)(F)F)c1)C(C)C. The summed E-state index contributed by atoms with van der Waals surface area (Å²) in [5.74, 6) is -1.36. The van der Waals surface area contributed by atoms with Gasteiger partial charge in [0.25, 0.3) is 0 Å². The number of alkyl halides is 3. The third kappa shape index (κ3) is 6.78. The van der Waals surface area contributed by atoms with Gasteiger partial charge in [0.15, 0.2) is 5.78 Å². The smallest absolute Gasteiger partial charge is 0.416 e. The van der Waals surface area contributed by atoms with Gasteiger partial charge in [-0.3, -0.25) is 9.59 Å². The number of benzene rings is 2. The molecule has 7 nitrogen and oxygen atoms in total. The molecule has 0 aliphatic heterocycles. The molecule has 2 aromatic rings. The number of sulfonamides is 1. The van der Waals surface area contributed by atoms with Crippen LogP contribution in [0.3, 0.4) is 0 Å². The minimum Gasteiger partial charge on any atom is -0.496 e. The maximum absolute atomic E-state index is 13.0. The molecule has 2 aromatic carbocycles. The molecule has 0 aromatic heterocycles. The van der Waals surface area contributed by atoms with Gasteiger partial charge < -0.3 is 9.47 Å². The van der Waals surface area contributed by atoms with E-state index in [0.29, 0.717) is 22.9 Å². The molecule has 1 atom stereocenters. The van der Waals surface area contributed by atoms with Crippen molar-refractivity contribution in [1.29, 1.82) is 0 Å². The van der Waals surface area contributed by atoms with Crippen LogP contribution in [0, 0.1) is 5.92 Å². The largest absolute Gasteiger partial charge is 0.496 e. The van der Waals surface area contributed by atoms with Gasteiger partial charge in [-0.2, -0.15) is 17.9 Å². The van der Waals surface area contributed by atoms with E-state index in [0.717, 1.165) is 18.2 Å². The fourth-order valence-electron chi connectivity index (χ4n) is 2.88. The highest BCUT2D eigenvalue weighted by Crippen LogP contribution is 2.30. The van der Waals surface area contributed by atoms with E-state index in [4.69, 9.17) is 9.47 Å². The number of hydrogen-bond acceptors (Lipinski definition) is 6. The topological polar surface area (TPSA) is 98.8 Å². The second-order valence-corrected chi connectivity index (χ2v) is 9.27. The van der Waals surface area contributed by atoms with E-state index in [1.165, 1.54) is 26.2 Å². The minimum atomic E-state index is -4.73. The van der Waals surface area contributed by atoms with E-state index in [1.54, 1.807) is 19.9 Å². The zero-order valence-corrected chi connectivity index (χ0v) is 19.2. The molecule has 0 saturated carbocycles. The van der Waals surface area contributed by atoms with Crippen molar-refractivity contribution >= 4 is 21.8 Å². The van der Waals surface area contributed by atoms with Gasteiger partial charge in [0.1, 0.15) is 18.4 Å². The molecule has 11 heteroatoms. The molecule has 0 bridgehead atoms. The molecule has 0 aliphatic rings. The number of methoxy groups -OCH3 is 1. The summed E-state index contributed by atoms with van der Waals surface area (Å²) in [5, 5.41) is 0. The third-order valence-corrected chi connectivity index (χ3v) is 6.17. The molecule has 33 heavy (non-hydrogen) atoms. The van der Waals surface area contributed by atoms with Crippen LogP contribution >= 0.6 is 0 Å². The van der Waals surface area contributed by atoms with Gasteiger partial charge in [0.2, 0.25) is 10.0 Å². The Labute approximate surface area is 189 Å². The summed E-state index contributed by atoms with van der Waals surface area (Å²) in [6.45, 7) is 4.17. The Balaban J connectivity index is 2.23. The van der Waals surface area contributed by atoms with E-state index < -0.39 is 44.6 Å². The number of nitrogens with one attached hydrogen (secondary N) is 1. The van der Waals surface area contributed by atoms with Crippen LogP contribution in [0.2, 0.25) is 0 Å². The lowest BCUT2D eigenvalue weighted by Gasteiger charge is -2.21. The van der Waals surface area contributed by atoms with Gasteiger partial charge in [-0.05, 0) is 49.2 Å². The van der Waals surface area contributed by atoms with Crippen LogP contribution in [0.1, 0.15) is 42.3 Å². The summed E-state index contributed by atoms with van der Waals surface area (Å²) in [6.07, 6.45) is -4.73. The Kier molecular flexibility index (Phi) is 8.25. The van der Waals surface area contributed by atoms with E-state index in [1.807, 2.05) is 0 Å². The number of hydrogen-bond donors (Lipinski definition) is 1. The lowest BCUT2D eigenvalue weighted by Crippen LogP contribution is -2.45. The Morgan fingerprint density at radius 1 is 1.09 bits per heavy atom. The first-order valence-electron chi connectivity index (χ1n) is 9.80. The fourth-order valence-corrected chi connectivity index (χ4v) is 4.26. The highest BCUT2D eigenvalue weighted by atomic mass is 32.2. The van der Waals surface area contributed by atoms with Crippen LogP contribution in [-0.2, 0) is 32.3 Å². The number of ketones is 1. The normalized spacial score (nSPS) is 13.0. The van der Waals surface area contributed by atoms with Gasteiger partial charge in [0, 0.05) is 11.1 Å². The standard InChI is InChI=1S/C22H24F3NO6S/c1-13(2)20(26-33(29,30)18-7-5-6-17(11-18)22(23,24)25)21(28)32-12-16-10-15(14(3)27)8-9-19(16)31-4/h5-11,13,20,26H,12H2,1-4H3. The number of esters is 1. The van der Waals surface area contributed by atoms with Gasteiger partial charge in [0.05, 0.1) is 17.6 Å². The average molecular weight is 487 g/mol. The summed E-state index contributed by atoms with van der Waals surface area (Å²) in [7, 11) is -3.07. The molecule has 1 unspecified atom stereocenters. The van der Waals surface area contributed by atoms with Crippen LogP contribution in [-0.4, -0.2) is 33.3 Å². The first-order chi connectivity index (χ1) is 15.3. The fraction of sp³-hybridized carbons (Fsp3) is 0.364. The summed E-state index contributed by atoms with van der Waals surface area (Å²) in [4.78, 5) is 23.7. The number of Topliss-reactive ketones (excluding diaryl/α,β-unsaturated/α-hetero) is 1. The van der Waals surface area contributed by atoms with E-state index in [9.17, 15) is 31.2 Å².